The van der Waals surface area contributed by atoms with Crippen molar-refractivity contribution >= 4 is 18.4 Å². The Morgan fingerprint density at radius 2 is 2.10 bits per heavy atom. The van der Waals surface area contributed by atoms with Gasteiger partial charge in [0.15, 0.2) is 5.78 Å². The maximum absolute atomic E-state index is 13.6. The van der Waals surface area contributed by atoms with E-state index in [2.05, 4.69) is 0 Å². The van der Waals surface area contributed by atoms with Crippen molar-refractivity contribution in [2.75, 3.05) is 6.61 Å². The number of hydrogen-bond donors (Lipinski definition) is 1. The fourth-order valence-corrected chi connectivity index (χ4v) is 2.55. The van der Waals surface area contributed by atoms with Gasteiger partial charge in [0.2, 0.25) is 0 Å². The number of carbonyl (C=O) groups is 1. The first-order valence-corrected chi connectivity index (χ1v) is 6.84. The Morgan fingerprint density at radius 3 is 2.90 bits per heavy atom. The van der Waals surface area contributed by atoms with Crippen LogP contribution < -0.4 is 5.46 Å². The average molecular weight is 284 g/mol. The van der Waals surface area contributed by atoms with Gasteiger partial charge in [-0.15, -0.1) is 0 Å². The fourth-order valence-electron chi connectivity index (χ4n) is 2.55. The molecule has 2 aromatic carbocycles. The van der Waals surface area contributed by atoms with Crippen LogP contribution in [0, 0.1) is 5.82 Å². The van der Waals surface area contributed by atoms with Crippen molar-refractivity contribution in [3.63, 3.8) is 0 Å². The normalized spacial score (nSPS) is 13.9. The van der Waals surface area contributed by atoms with Gasteiger partial charge in [0.25, 0.3) is 0 Å². The first kappa shape index (κ1) is 14.0. The molecule has 0 amide bonds. The fraction of sp³-hybridized carbons (Fsp3) is 0.188. The third kappa shape index (κ3) is 2.89. The summed E-state index contributed by atoms with van der Waals surface area (Å²) in [6.45, 7) is 0.488. The molecule has 3 nitrogen and oxygen atoms in total. The molecule has 2 aromatic rings. The second-order valence-electron chi connectivity index (χ2n) is 5.09. The second kappa shape index (κ2) is 5.80. The zero-order chi connectivity index (χ0) is 14.8. The first-order valence-electron chi connectivity index (χ1n) is 6.84. The Labute approximate surface area is 122 Å². The largest absolute Gasteiger partial charge is 0.491 e. The molecule has 21 heavy (non-hydrogen) atoms. The lowest BCUT2D eigenvalue weighted by molar-refractivity contribution is 0.0989. The average Bonchev–Trinajstić information content (AvgIpc) is 2.48. The van der Waals surface area contributed by atoms with E-state index in [0.717, 1.165) is 17.5 Å². The maximum atomic E-state index is 13.6. The molecular formula is C16H14BFO3. The summed E-state index contributed by atoms with van der Waals surface area (Å²) >= 11 is 0. The smallest absolute Gasteiger partial charge is 0.423 e. The molecule has 0 fully saturated rings. The van der Waals surface area contributed by atoms with Crippen LogP contribution in [0.2, 0.25) is 0 Å². The lowest BCUT2D eigenvalue weighted by atomic mass is 9.73. The van der Waals surface area contributed by atoms with Crippen molar-refractivity contribution in [3.8, 4) is 0 Å². The second-order valence-corrected chi connectivity index (χ2v) is 5.09. The van der Waals surface area contributed by atoms with E-state index in [1.165, 1.54) is 12.1 Å². The van der Waals surface area contributed by atoms with Crippen molar-refractivity contribution in [2.45, 2.75) is 12.8 Å². The summed E-state index contributed by atoms with van der Waals surface area (Å²) in [5, 5.41) is 9.81. The maximum Gasteiger partial charge on any atom is 0.491 e. The van der Waals surface area contributed by atoms with Crippen LogP contribution in [0.15, 0.2) is 42.5 Å². The van der Waals surface area contributed by atoms with Crippen molar-refractivity contribution in [3.05, 3.63) is 65.0 Å². The highest BCUT2D eigenvalue weighted by Gasteiger charge is 2.25. The topological polar surface area (TPSA) is 46.5 Å². The minimum atomic E-state index is -0.947. The first-order chi connectivity index (χ1) is 10.1. The molecule has 0 saturated heterocycles. The SMILES string of the molecule is O=C(Cc1ccc2c(c1)B(O)OCC2)c1ccccc1F. The van der Waals surface area contributed by atoms with Crippen LogP contribution in [0.5, 0.6) is 0 Å². The Bertz CT molecular complexity index is 687. The van der Waals surface area contributed by atoms with Gasteiger partial charge in [-0.1, -0.05) is 30.3 Å². The molecule has 1 aliphatic heterocycles. The number of fused-ring (bicyclic) bond motifs is 1. The standard InChI is InChI=1S/C16H14BFO3/c18-15-4-2-1-3-13(15)16(19)10-11-5-6-12-7-8-21-17(20)14(12)9-11/h1-6,9,20H,7-8,10H2. The van der Waals surface area contributed by atoms with E-state index in [1.807, 2.05) is 12.1 Å². The molecule has 1 N–H and O–H groups in total. The third-order valence-corrected chi connectivity index (χ3v) is 3.66. The van der Waals surface area contributed by atoms with Crippen molar-refractivity contribution in [1.29, 1.82) is 0 Å². The van der Waals surface area contributed by atoms with Crippen LogP contribution in [-0.4, -0.2) is 24.5 Å². The van der Waals surface area contributed by atoms with E-state index in [9.17, 15) is 14.2 Å². The summed E-state index contributed by atoms with van der Waals surface area (Å²) in [6.07, 6.45) is 0.842. The number of benzene rings is 2. The summed E-state index contributed by atoms with van der Waals surface area (Å²) in [6, 6.07) is 11.4. The van der Waals surface area contributed by atoms with Gasteiger partial charge in [0, 0.05) is 13.0 Å². The molecule has 0 atom stereocenters. The van der Waals surface area contributed by atoms with Gasteiger partial charge in [-0.2, -0.15) is 0 Å². The number of rotatable bonds is 3. The van der Waals surface area contributed by atoms with Crippen LogP contribution in [0.25, 0.3) is 0 Å². The Morgan fingerprint density at radius 1 is 1.29 bits per heavy atom. The summed E-state index contributed by atoms with van der Waals surface area (Å²) in [4.78, 5) is 12.2. The minimum absolute atomic E-state index is 0.0898. The molecule has 0 unspecified atom stereocenters. The van der Waals surface area contributed by atoms with Crippen LogP contribution in [0.3, 0.4) is 0 Å². The Hall–Kier alpha value is -1.98. The molecule has 0 aliphatic carbocycles. The molecule has 0 radical (unpaired) electrons. The predicted molar refractivity (Wildman–Crippen MR) is 78.1 cm³/mol. The molecule has 0 saturated carbocycles. The number of Topliss-reactive ketones (excluding diaryl/α,β-unsaturated/α-hetero) is 1. The molecule has 0 aromatic heterocycles. The lowest BCUT2D eigenvalue weighted by Crippen LogP contribution is -2.41. The molecule has 3 rings (SSSR count). The van der Waals surface area contributed by atoms with Gasteiger partial charge in [0.05, 0.1) is 5.56 Å². The zero-order valence-corrected chi connectivity index (χ0v) is 11.4. The number of hydrogen-bond acceptors (Lipinski definition) is 3. The quantitative estimate of drug-likeness (QED) is 0.686. The van der Waals surface area contributed by atoms with E-state index < -0.39 is 12.9 Å². The lowest BCUT2D eigenvalue weighted by Gasteiger charge is -2.19. The Kier molecular flexibility index (Phi) is 3.86. The van der Waals surface area contributed by atoms with Crippen molar-refractivity contribution in [2.24, 2.45) is 0 Å². The number of halogens is 1. The van der Waals surface area contributed by atoms with Crippen molar-refractivity contribution < 1.29 is 18.9 Å². The predicted octanol–water partition coefficient (Wildman–Crippen LogP) is 1.51. The van der Waals surface area contributed by atoms with Crippen LogP contribution >= 0.6 is 0 Å². The van der Waals surface area contributed by atoms with Gasteiger partial charge in [-0.05, 0) is 35.1 Å². The number of ketones is 1. The van der Waals surface area contributed by atoms with Gasteiger partial charge in [-0.3, -0.25) is 4.79 Å². The van der Waals surface area contributed by atoms with E-state index in [0.29, 0.717) is 12.1 Å². The minimum Gasteiger partial charge on any atom is -0.423 e. The molecule has 1 heterocycles. The van der Waals surface area contributed by atoms with Crippen LogP contribution in [0.4, 0.5) is 4.39 Å². The Balaban J connectivity index is 1.84. The van der Waals surface area contributed by atoms with Crippen LogP contribution in [-0.2, 0) is 17.5 Å². The summed E-state index contributed by atoms with van der Waals surface area (Å²) in [5.74, 6) is -0.789. The molecule has 5 heteroatoms. The summed E-state index contributed by atoms with van der Waals surface area (Å²) < 4.78 is 18.8. The van der Waals surface area contributed by atoms with Crippen LogP contribution in [0.1, 0.15) is 21.5 Å². The monoisotopic (exact) mass is 284 g/mol. The highest BCUT2D eigenvalue weighted by Crippen LogP contribution is 2.13. The van der Waals surface area contributed by atoms with E-state index in [1.54, 1.807) is 18.2 Å². The molecule has 0 bridgehead atoms. The number of carbonyl (C=O) groups excluding carboxylic acids is 1. The highest BCUT2D eigenvalue weighted by molar-refractivity contribution is 6.60. The van der Waals surface area contributed by atoms with Gasteiger partial charge < -0.3 is 9.68 Å². The van der Waals surface area contributed by atoms with Gasteiger partial charge in [-0.25, -0.2) is 4.39 Å². The van der Waals surface area contributed by atoms with Crippen molar-refractivity contribution in [1.82, 2.24) is 0 Å². The highest BCUT2D eigenvalue weighted by atomic mass is 19.1. The van der Waals surface area contributed by atoms with E-state index in [4.69, 9.17) is 4.65 Å². The molecule has 1 aliphatic rings. The van der Waals surface area contributed by atoms with E-state index >= 15 is 0 Å². The summed E-state index contributed by atoms with van der Waals surface area (Å²) in [5.41, 5.74) is 2.55. The van der Waals surface area contributed by atoms with Gasteiger partial charge >= 0.3 is 7.12 Å². The van der Waals surface area contributed by atoms with Gasteiger partial charge in [0.1, 0.15) is 5.82 Å². The summed E-state index contributed by atoms with van der Waals surface area (Å²) in [7, 11) is -0.947. The molecular weight excluding hydrogens is 270 g/mol. The third-order valence-electron chi connectivity index (χ3n) is 3.66. The zero-order valence-electron chi connectivity index (χ0n) is 11.4. The molecule has 0 spiro atoms. The van der Waals surface area contributed by atoms with E-state index in [-0.39, 0.29) is 17.8 Å². The molecule has 106 valence electrons.